The molecule has 2 aliphatic heterocycles. The average Bonchev–Trinajstić information content (AvgIpc) is 2.61. The lowest BCUT2D eigenvalue weighted by atomic mass is 9.84. The fraction of sp³-hybridized carbons (Fsp3) is 0.632. The zero-order valence-electron chi connectivity index (χ0n) is 15.3. The number of benzene rings is 1. The molecule has 2 amide bonds. The monoisotopic (exact) mass is 349 g/mol. The van der Waals surface area contributed by atoms with Crippen LogP contribution in [0.15, 0.2) is 18.2 Å². The number of nitrogens with one attached hydrogen (secondary N) is 1. The molecule has 2 saturated heterocycles. The first-order valence-electron chi connectivity index (χ1n) is 9.08. The van der Waals surface area contributed by atoms with Crippen LogP contribution in [0.4, 0.5) is 9.18 Å². The van der Waals surface area contributed by atoms with E-state index in [1.807, 2.05) is 11.8 Å². The van der Waals surface area contributed by atoms with E-state index in [1.54, 1.807) is 12.1 Å². The molecule has 3 atom stereocenters. The van der Waals surface area contributed by atoms with Gasteiger partial charge in [0.05, 0.1) is 13.2 Å². The number of nitrogens with zero attached hydrogens (tertiary/aromatic N) is 2. The number of carbonyl (C=O) groups excluding carboxylic acids is 1. The molecule has 2 heterocycles. The van der Waals surface area contributed by atoms with Gasteiger partial charge in [0.15, 0.2) is 11.6 Å². The van der Waals surface area contributed by atoms with E-state index in [-0.39, 0.29) is 17.8 Å². The van der Waals surface area contributed by atoms with Crippen LogP contribution < -0.4 is 10.1 Å². The van der Waals surface area contributed by atoms with Gasteiger partial charge < -0.3 is 19.9 Å². The minimum absolute atomic E-state index is 0.0185. The van der Waals surface area contributed by atoms with Crippen molar-refractivity contribution >= 4 is 6.03 Å². The Bertz CT molecular complexity index is 625. The molecule has 0 aliphatic carbocycles. The van der Waals surface area contributed by atoms with Crippen LogP contribution in [-0.2, 0) is 0 Å². The second kappa shape index (κ2) is 7.60. The smallest absolute Gasteiger partial charge is 0.318 e. The maximum absolute atomic E-state index is 13.6. The van der Waals surface area contributed by atoms with Crippen LogP contribution in [0, 0.1) is 11.7 Å². The largest absolute Gasteiger partial charge is 0.494 e. The lowest BCUT2D eigenvalue weighted by Gasteiger charge is -2.46. The highest BCUT2D eigenvalue weighted by molar-refractivity contribution is 5.75. The van der Waals surface area contributed by atoms with Gasteiger partial charge in [-0.3, -0.25) is 0 Å². The van der Waals surface area contributed by atoms with Crippen LogP contribution >= 0.6 is 0 Å². The standard InChI is InChI=1S/C19H28FN3O2/c1-13(14-6-7-16(20)18(11-14)25-3)21-19(24)23-9-4-5-15-12-22(2)10-8-17(15)23/h6-7,11,13,15,17H,4-5,8-10,12H2,1-3H3,(H,21,24). The summed E-state index contributed by atoms with van der Waals surface area (Å²) in [6, 6.07) is 4.83. The van der Waals surface area contributed by atoms with Crippen molar-refractivity contribution in [3.05, 3.63) is 29.6 Å². The summed E-state index contributed by atoms with van der Waals surface area (Å²) in [6.07, 6.45) is 3.29. The number of hydrogen-bond donors (Lipinski definition) is 1. The lowest BCUT2D eigenvalue weighted by Crippen LogP contribution is -2.57. The molecule has 2 aliphatic rings. The Hall–Kier alpha value is -1.82. The molecule has 3 unspecified atom stereocenters. The molecule has 25 heavy (non-hydrogen) atoms. The molecule has 138 valence electrons. The Morgan fingerprint density at radius 1 is 1.36 bits per heavy atom. The highest BCUT2D eigenvalue weighted by atomic mass is 19.1. The van der Waals surface area contributed by atoms with Crippen molar-refractivity contribution in [3.8, 4) is 5.75 Å². The molecule has 0 spiro atoms. The summed E-state index contributed by atoms with van der Waals surface area (Å²) in [6.45, 7) is 4.84. The highest BCUT2D eigenvalue weighted by Gasteiger charge is 2.37. The number of halogens is 1. The number of ether oxygens (including phenoxy) is 1. The second-order valence-electron chi connectivity index (χ2n) is 7.28. The third-order valence-corrected chi connectivity index (χ3v) is 5.55. The van der Waals surface area contributed by atoms with Crippen LogP contribution in [0.1, 0.15) is 37.8 Å². The summed E-state index contributed by atoms with van der Waals surface area (Å²) in [5, 5.41) is 3.08. The van der Waals surface area contributed by atoms with Crippen molar-refractivity contribution in [2.45, 2.75) is 38.3 Å². The van der Waals surface area contributed by atoms with Gasteiger partial charge in [-0.1, -0.05) is 6.07 Å². The number of piperidine rings is 2. The van der Waals surface area contributed by atoms with Crippen molar-refractivity contribution in [1.29, 1.82) is 0 Å². The molecule has 0 saturated carbocycles. The quantitative estimate of drug-likeness (QED) is 0.912. The fourth-order valence-electron chi connectivity index (χ4n) is 4.13. The summed E-state index contributed by atoms with van der Waals surface area (Å²) in [5.41, 5.74) is 0.837. The number of rotatable bonds is 3. The van der Waals surface area contributed by atoms with E-state index in [1.165, 1.54) is 19.6 Å². The van der Waals surface area contributed by atoms with E-state index in [2.05, 4.69) is 17.3 Å². The van der Waals surface area contributed by atoms with Crippen molar-refractivity contribution in [3.63, 3.8) is 0 Å². The number of amides is 2. The molecule has 2 fully saturated rings. The zero-order valence-corrected chi connectivity index (χ0v) is 15.3. The van der Waals surface area contributed by atoms with Gasteiger partial charge in [-0.2, -0.15) is 0 Å². The van der Waals surface area contributed by atoms with Crippen LogP contribution in [0.3, 0.4) is 0 Å². The summed E-state index contributed by atoms with van der Waals surface area (Å²) < 4.78 is 18.6. The number of urea groups is 1. The van der Waals surface area contributed by atoms with E-state index in [0.29, 0.717) is 12.0 Å². The van der Waals surface area contributed by atoms with Gasteiger partial charge in [-0.05, 0) is 63.4 Å². The molecule has 0 bridgehead atoms. The van der Waals surface area contributed by atoms with E-state index in [9.17, 15) is 9.18 Å². The topological polar surface area (TPSA) is 44.8 Å². The van der Waals surface area contributed by atoms with Crippen molar-refractivity contribution < 1.29 is 13.9 Å². The number of methoxy groups -OCH3 is 1. The Labute approximate surface area is 149 Å². The number of hydrogen-bond acceptors (Lipinski definition) is 3. The molecule has 1 aromatic rings. The molecular weight excluding hydrogens is 321 g/mol. The molecule has 6 heteroatoms. The number of fused-ring (bicyclic) bond motifs is 1. The summed E-state index contributed by atoms with van der Waals surface area (Å²) in [7, 11) is 3.60. The predicted octanol–water partition coefficient (Wildman–Crippen LogP) is 3.02. The van der Waals surface area contributed by atoms with Gasteiger partial charge in [0.1, 0.15) is 0 Å². The summed E-state index contributed by atoms with van der Waals surface area (Å²) >= 11 is 0. The van der Waals surface area contributed by atoms with Crippen LogP contribution in [0.2, 0.25) is 0 Å². The van der Waals surface area contributed by atoms with Crippen LogP contribution in [-0.4, -0.2) is 55.7 Å². The van der Waals surface area contributed by atoms with Gasteiger partial charge in [0.2, 0.25) is 0 Å². The highest BCUT2D eigenvalue weighted by Crippen LogP contribution is 2.30. The Kier molecular flexibility index (Phi) is 5.47. The second-order valence-corrected chi connectivity index (χ2v) is 7.28. The van der Waals surface area contributed by atoms with Gasteiger partial charge in [-0.15, -0.1) is 0 Å². The summed E-state index contributed by atoms with van der Waals surface area (Å²) in [5.74, 6) is 0.376. The number of likely N-dealkylation sites (tertiary alicyclic amines) is 2. The maximum atomic E-state index is 13.6. The van der Waals surface area contributed by atoms with Crippen molar-refractivity contribution in [1.82, 2.24) is 15.1 Å². The fourth-order valence-corrected chi connectivity index (χ4v) is 4.13. The molecule has 0 radical (unpaired) electrons. The van der Waals surface area contributed by atoms with Crippen molar-refractivity contribution in [2.75, 3.05) is 33.8 Å². The zero-order chi connectivity index (χ0) is 18.0. The first kappa shape index (κ1) is 18.0. The maximum Gasteiger partial charge on any atom is 0.318 e. The van der Waals surface area contributed by atoms with Gasteiger partial charge in [0.25, 0.3) is 0 Å². The van der Waals surface area contributed by atoms with Crippen LogP contribution in [0.5, 0.6) is 5.75 Å². The normalized spacial score (nSPS) is 25.2. The Morgan fingerprint density at radius 3 is 2.92 bits per heavy atom. The summed E-state index contributed by atoms with van der Waals surface area (Å²) in [4.78, 5) is 17.2. The molecule has 1 N–H and O–H groups in total. The van der Waals surface area contributed by atoms with E-state index in [4.69, 9.17) is 4.74 Å². The predicted molar refractivity (Wildman–Crippen MR) is 95.2 cm³/mol. The molecule has 1 aromatic carbocycles. The first-order valence-corrected chi connectivity index (χ1v) is 9.08. The number of carbonyl (C=O) groups is 1. The average molecular weight is 349 g/mol. The van der Waals surface area contributed by atoms with E-state index >= 15 is 0 Å². The third kappa shape index (κ3) is 3.89. The van der Waals surface area contributed by atoms with E-state index < -0.39 is 5.82 Å². The molecule has 3 rings (SSSR count). The van der Waals surface area contributed by atoms with Crippen molar-refractivity contribution in [2.24, 2.45) is 5.92 Å². The van der Waals surface area contributed by atoms with Crippen LogP contribution in [0.25, 0.3) is 0 Å². The van der Waals surface area contributed by atoms with Gasteiger partial charge >= 0.3 is 6.03 Å². The van der Waals surface area contributed by atoms with Gasteiger partial charge in [0, 0.05) is 19.1 Å². The molecule has 5 nitrogen and oxygen atoms in total. The third-order valence-electron chi connectivity index (χ3n) is 5.55. The molecule has 0 aromatic heterocycles. The van der Waals surface area contributed by atoms with E-state index in [0.717, 1.165) is 38.0 Å². The SMILES string of the molecule is COc1cc(C(C)NC(=O)N2CCCC3CN(C)CCC32)ccc1F. The minimum atomic E-state index is -0.394. The molecular formula is C19H28FN3O2. The Balaban J connectivity index is 1.66. The van der Waals surface area contributed by atoms with Gasteiger partial charge in [-0.25, -0.2) is 9.18 Å². The minimum Gasteiger partial charge on any atom is -0.494 e. The lowest BCUT2D eigenvalue weighted by molar-refractivity contribution is 0.0525. The first-order chi connectivity index (χ1) is 12.0. The Morgan fingerprint density at radius 2 is 2.16 bits per heavy atom.